The van der Waals surface area contributed by atoms with E-state index in [4.69, 9.17) is 15.2 Å². The average Bonchev–Trinajstić information content (AvgIpc) is 2.24. The molecule has 1 aliphatic heterocycles. The summed E-state index contributed by atoms with van der Waals surface area (Å²) in [5.74, 6) is 0.0888. The van der Waals surface area contributed by atoms with Crippen molar-refractivity contribution in [3.63, 3.8) is 0 Å². The third-order valence-corrected chi connectivity index (χ3v) is 2.34. The van der Waals surface area contributed by atoms with E-state index in [0.717, 1.165) is 0 Å². The quantitative estimate of drug-likeness (QED) is 0.607. The summed E-state index contributed by atoms with van der Waals surface area (Å²) in [6.07, 6.45) is 0.0233. The van der Waals surface area contributed by atoms with Crippen LogP contribution in [0.15, 0.2) is 18.2 Å². The molecule has 1 fully saturated rings. The second-order valence-corrected chi connectivity index (χ2v) is 3.52. The highest BCUT2D eigenvalue weighted by Gasteiger charge is 2.21. The Labute approximate surface area is 93.1 Å². The van der Waals surface area contributed by atoms with Gasteiger partial charge in [-0.05, 0) is 18.2 Å². The van der Waals surface area contributed by atoms with Gasteiger partial charge in [0.15, 0.2) is 0 Å². The Bertz CT molecular complexity index is 401. The number of hydrogen-bond acceptors (Lipinski definition) is 5. The number of nitrogens with two attached hydrogens (primary N) is 1. The van der Waals surface area contributed by atoms with E-state index in [9.17, 15) is 4.79 Å². The van der Waals surface area contributed by atoms with E-state index < -0.39 is 5.97 Å². The Morgan fingerprint density at radius 3 is 2.81 bits per heavy atom. The van der Waals surface area contributed by atoms with E-state index in [1.807, 2.05) is 0 Å². The highest BCUT2D eigenvalue weighted by molar-refractivity contribution is 5.90. The predicted octanol–water partition coefficient (Wildman–Crippen LogP) is 0.833. The third-order valence-electron chi connectivity index (χ3n) is 2.34. The van der Waals surface area contributed by atoms with Gasteiger partial charge in [0, 0.05) is 0 Å². The number of rotatable bonds is 3. The molecule has 86 valence electrons. The molecule has 0 saturated carbocycles. The molecular weight excluding hydrogens is 210 g/mol. The highest BCUT2D eigenvalue weighted by atomic mass is 16.6. The molecule has 2 N–H and O–H groups in total. The molecule has 0 aliphatic carbocycles. The zero-order valence-corrected chi connectivity index (χ0v) is 8.93. The van der Waals surface area contributed by atoms with Crippen LogP contribution in [0.2, 0.25) is 0 Å². The lowest BCUT2D eigenvalue weighted by molar-refractivity contribution is -0.0794. The number of carbonyl (C=O) groups excluding carboxylic acids is 1. The van der Waals surface area contributed by atoms with Crippen LogP contribution in [0.3, 0.4) is 0 Å². The summed E-state index contributed by atoms with van der Waals surface area (Å²) >= 11 is 0. The van der Waals surface area contributed by atoms with E-state index in [1.54, 1.807) is 18.2 Å². The van der Waals surface area contributed by atoms with Gasteiger partial charge in [0.25, 0.3) is 0 Å². The summed E-state index contributed by atoms with van der Waals surface area (Å²) in [5.41, 5.74) is 6.66. The summed E-state index contributed by atoms with van der Waals surface area (Å²) in [6, 6.07) is 4.81. The summed E-state index contributed by atoms with van der Waals surface area (Å²) in [6.45, 7) is 1.11. The molecular formula is C11H13NO4. The first-order chi connectivity index (χ1) is 7.70. The lowest BCUT2D eigenvalue weighted by Crippen LogP contribution is -2.38. The van der Waals surface area contributed by atoms with Crippen molar-refractivity contribution in [2.45, 2.75) is 6.10 Å². The molecule has 1 saturated heterocycles. The summed E-state index contributed by atoms with van der Waals surface area (Å²) in [7, 11) is 1.33. The second kappa shape index (κ2) is 4.40. The highest BCUT2D eigenvalue weighted by Crippen LogP contribution is 2.25. The first-order valence-corrected chi connectivity index (χ1v) is 4.93. The summed E-state index contributed by atoms with van der Waals surface area (Å²) < 4.78 is 15.2. The van der Waals surface area contributed by atoms with Crippen LogP contribution in [0.1, 0.15) is 10.4 Å². The molecule has 0 unspecified atom stereocenters. The van der Waals surface area contributed by atoms with Crippen LogP contribution in [0, 0.1) is 0 Å². The minimum atomic E-state index is -0.408. The fourth-order valence-electron chi connectivity index (χ4n) is 1.34. The molecule has 0 atom stereocenters. The molecule has 5 heteroatoms. The van der Waals surface area contributed by atoms with Crippen molar-refractivity contribution in [3.8, 4) is 5.75 Å². The SMILES string of the molecule is COC(=O)c1ccc(N)c(OC2COC2)c1. The van der Waals surface area contributed by atoms with Crippen molar-refractivity contribution in [2.75, 3.05) is 26.1 Å². The minimum absolute atomic E-state index is 0.0233. The van der Waals surface area contributed by atoms with E-state index >= 15 is 0 Å². The smallest absolute Gasteiger partial charge is 0.337 e. The number of hydrogen-bond donors (Lipinski definition) is 1. The molecule has 0 amide bonds. The molecule has 1 heterocycles. The van der Waals surface area contributed by atoms with Gasteiger partial charge in [0.1, 0.15) is 11.9 Å². The predicted molar refractivity (Wildman–Crippen MR) is 57.4 cm³/mol. The van der Waals surface area contributed by atoms with Gasteiger partial charge in [-0.3, -0.25) is 0 Å². The van der Waals surface area contributed by atoms with Crippen molar-refractivity contribution < 1.29 is 19.0 Å². The Hall–Kier alpha value is -1.75. The molecule has 0 aromatic heterocycles. The number of benzene rings is 1. The molecule has 1 aromatic rings. The van der Waals surface area contributed by atoms with Crippen molar-refractivity contribution >= 4 is 11.7 Å². The molecule has 5 nitrogen and oxygen atoms in total. The maximum Gasteiger partial charge on any atom is 0.337 e. The first kappa shape index (κ1) is 10.8. The van der Waals surface area contributed by atoms with Crippen LogP contribution in [0.25, 0.3) is 0 Å². The lowest BCUT2D eigenvalue weighted by atomic mass is 10.2. The van der Waals surface area contributed by atoms with Gasteiger partial charge in [-0.1, -0.05) is 0 Å². The Balaban J connectivity index is 2.17. The van der Waals surface area contributed by atoms with Gasteiger partial charge in [0.2, 0.25) is 0 Å². The normalized spacial score (nSPS) is 15.3. The number of carbonyl (C=O) groups is 1. The van der Waals surface area contributed by atoms with Crippen LogP contribution < -0.4 is 10.5 Å². The van der Waals surface area contributed by atoms with Gasteiger partial charge in [0.05, 0.1) is 31.6 Å². The van der Waals surface area contributed by atoms with Crippen molar-refractivity contribution in [1.82, 2.24) is 0 Å². The van der Waals surface area contributed by atoms with Crippen LogP contribution in [0.4, 0.5) is 5.69 Å². The Morgan fingerprint density at radius 1 is 1.50 bits per heavy atom. The molecule has 16 heavy (non-hydrogen) atoms. The van der Waals surface area contributed by atoms with E-state index in [-0.39, 0.29) is 6.10 Å². The molecule has 0 spiro atoms. The second-order valence-electron chi connectivity index (χ2n) is 3.52. The fourth-order valence-corrected chi connectivity index (χ4v) is 1.34. The molecule has 1 aromatic carbocycles. The molecule has 2 rings (SSSR count). The van der Waals surface area contributed by atoms with Gasteiger partial charge in [-0.25, -0.2) is 4.79 Å². The number of ether oxygens (including phenoxy) is 3. The van der Waals surface area contributed by atoms with Gasteiger partial charge in [-0.2, -0.15) is 0 Å². The summed E-state index contributed by atoms with van der Waals surface area (Å²) in [5, 5.41) is 0. The summed E-state index contributed by atoms with van der Waals surface area (Å²) in [4.78, 5) is 11.3. The zero-order valence-electron chi connectivity index (χ0n) is 8.93. The first-order valence-electron chi connectivity index (χ1n) is 4.93. The van der Waals surface area contributed by atoms with Crippen LogP contribution in [-0.4, -0.2) is 32.4 Å². The fraction of sp³-hybridized carbons (Fsp3) is 0.364. The Kier molecular flexibility index (Phi) is 2.96. The van der Waals surface area contributed by atoms with Gasteiger partial charge in [-0.15, -0.1) is 0 Å². The molecule has 0 radical (unpaired) electrons. The average molecular weight is 223 g/mol. The van der Waals surface area contributed by atoms with E-state index in [0.29, 0.717) is 30.2 Å². The maximum atomic E-state index is 11.3. The van der Waals surface area contributed by atoms with Gasteiger partial charge >= 0.3 is 5.97 Å². The standard InChI is InChI=1S/C11H13NO4/c1-14-11(13)7-2-3-9(12)10(4-7)16-8-5-15-6-8/h2-4,8H,5-6,12H2,1H3. The van der Waals surface area contributed by atoms with E-state index in [1.165, 1.54) is 7.11 Å². The zero-order chi connectivity index (χ0) is 11.5. The minimum Gasteiger partial charge on any atom is -0.483 e. The van der Waals surface area contributed by atoms with Crippen LogP contribution in [0.5, 0.6) is 5.75 Å². The largest absolute Gasteiger partial charge is 0.483 e. The van der Waals surface area contributed by atoms with E-state index in [2.05, 4.69) is 4.74 Å². The maximum absolute atomic E-state index is 11.3. The van der Waals surface area contributed by atoms with Gasteiger partial charge < -0.3 is 19.9 Å². The number of esters is 1. The van der Waals surface area contributed by atoms with Crippen molar-refractivity contribution in [1.29, 1.82) is 0 Å². The van der Waals surface area contributed by atoms with Crippen molar-refractivity contribution in [3.05, 3.63) is 23.8 Å². The van der Waals surface area contributed by atoms with Crippen molar-refractivity contribution in [2.24, 2.45) is 0 Å². The lowest BCUT2D eigenvalue weighted by Gasteiger charge is -2.27. The molecule has 1 aliphatic rings. The number of anilines is 1. The number of nitrogen functional groups attached to an aromatic ring is 1. The van der Waals surface area contributed by atoms with Crippen LogP contribution in [-0.2, 0) is 9.47 Å². The molecule has 0 bridgehead atoms. The Morgan fingerprint density at radius 2 is 2.25 bits per heavy atom. The monoisotopic (exact) mass is 223 g/mol. The number of methoxy groups -OCH3 is 1. The third kappa shape index (κ3) is 2.09. The topological polar surface area (TPSA) is 70.8 Å². The van der Waals surface area contributed by atoms with Crippen LogP contribution >= 0.6 is 0 Å².